The molecule has 4 unspecified atom stereocenters. The Morgan fingerprint density at radius 2 is 2.00 bits per heavy atom. The number of carbonyl (C=O) groups excluding carboxylic acids is 1. The van der Waals surface area contributed by atoms with E-state index < -0.39 is 0 Å². The van der Waals surface area contributed by atoms with Crippen LogP contribution in [-0.4, -0.2) is 11.9 Å². The van der Waals surface area contributed by atoms with E-state index in [-0.39, 0.29) is 11.9 Å². The molecule has 2 saturated carbocycles. The third-order valence-corrected chi connectivity index (χ3v) is 6.21. The van der Waals surface area contributed by atoms with Crippen molar-refractivity contribution in [1.29, 1.82) is 0 Å². The largest absolute Gasteiger partial charge is 0.350 e. The molecule has 18 heavy (non-hydrogen) atoms. The minimum absolute atomic E-state index is 0.00618. The molecule has 0 aliphatic heterocycles. The highest BCUT2D eigenvalue weighted by Crippen LogP contribution is 2.68. The second-order valence-corrected chi connectivity index (χ2v) is 7.26. The van der Waals surface area contributed by atoms with Crippen LogP contribution >= 0.6 is 0 Å². The molecule has 0 spiro atoms. The number of amides is 1. The van der Waals surface area contributed by atoms with Crippen LogP contribution < -0.4 is 5.32 Å². The van der Waals surface area contributed by atoms with Gasteiger partial charge in [0, 0.05) is 11.6 Å². The van der Waals surface area contributed by atoms with E-state index in [4.69, 9.17) is 0 Å². The lowest BCUT2D eigenvalue weighted by Gasteiger charge is -2.42. The van der Waals surface area contributed by atoms with Crippen LogP contribution in [-0.2, 0) is 4.79 Å². The Morgan fingerprint density at radius 3 is 2.39 bits per heavy atom. The fourth-order valence-corrected chi connectivity index (χ4v) is 4.45. The lowest BCUT2D eigenvalue weighted by atomic mass is 9.65. The molecule has 0 saturated heterocycles. The van der Waals surface area contributed by atoms with E-state index in [1.807, 2.05) is 0 Å². The van der Waals surface area contributed by atoms with Crippen molar-refractivity contribution in [3.05, 3.63) is 12.2 Å². The van der Waals surface area contributed by atoms with Crippen molar-refractivity contribution in [3.8, 4) is 0 Å². The lowest BCUT2D eigenvalue weighted by molar-refractivity contribution is -0.118. The molecule has 0 radical (unpaired) electrons. The van der Waals surface area contributed by atoms with Gasteiger partial charge in [-0.2, -0.15) is 0 Å². The maximum Gasteiger partial charge on any atom is 0.246 e. The monoisotopic (exact) mass is 249 g/mol. The highest BCUT2D eigenvalue weighted by Gasteiger charge is 2.62. The van der Waals surface area contributed by atoms with E-state index in [1.54, 1.807) is 6.92 Å². The highest BCUT2D eigenvalue weighted by molar-refractivity contribution is 5.92. The minimum Gasteiger partial charge on any atom is -0.350 e. The molecule has 2 aliphatic rings. The molecule has 2 nitrogen and oxygen atoms in total. The molecule has 1 amide bonds. The van der Waals surface area contributed by atoms with Crippen LogP contribution in [0.3, 0.4) is 0 Å². The Labute approximate surface area is 111 Å². The van der Waals surface area contributed by atoms with Crippen molar-refractivity contribution in [1.82, 2.24) is 5.32 Å². The number of nitrogens with one attached hydrogen (secondary N) is 1. The van der Waals surface area contributed by atoms with Gasteiger partial charge >= 0.3 is 0 Å². The molecular formula is C16H27NO. The average molecular weight is 249 g/mol. The Kier molecular flexibility index (Phi) is 3.11. The SMILES string of the molecule is C=C(C)C(=O)NC(C)C1CC2CCC1(C)C2(C)C. The third-order valence-electron chi connectivity index (χ3n) is 6.21. The Morgan fingerprint density at radius 1 is 1.39 bits per heavy atom. The first-order valence-corrected chi connectivity index (χ1v) is 7.16. The van der Waals surface area contributed by atoms with Crippen LogP contribution in [0.15, 0.2) is 12.2 Å². The molecule has 0 aromatic rings. The zero-order valence-electron chi connectivity index (χ0n) is 12.5. The normalized spacial score (nSPS) is 38.5. The number of fused-ring (bicyclic) bond motifs is 2. The summed E-state index contributed by atoms with van der Waals surface area (Å²) in [6, 6.07) is 0.253. The van der Waals surface area contributed by atoms with E-state index in [2.05, 4.69) is 39.6 Å². The zero-order valence-corrected chi connectivity index (χ0v) is 12.5. The van der Waals surface area contributed by atoms with Crippen molar-refractivity contribution in [2.24, 2.45) is 22.7 Å². The second-order valence-electron chi connectivity index (χ2n) is 7.26. The molecule has 2 bridgehead atoms. The molecule has 2 heteroatoms. The summed E-state index contributed by atoms with van der Waals surface area (Å²) < 4.78 is 0. The molecule has 102 valence electrons. The van der Waals surface area contributed by atoms with Crippen LogP contribution in [0.1, 0.15) is 53.9 Å². The number of carbonyl (C=O) groups is 1. The predicted molar refractivity (Wildman–Crippen MR) is 75.1 cm³/mol. The molecule has 0 heterocycles. The van der Waals surface area contributed by atoms with Gasteiger partial charge in [-0.15, -0.1) is 0 Å². The van der Waals surface area contributed by atoms with E-state index >= 15 is 0 Å². The highest BCUT2D eigenvalue weighted by atomic mass is 16.1. The quantitative estimate of drug-likeness (QED) is 0.762. The van der Waals surface area contributed by atoms with Crippen molar-refractivity contribution in [2.75, 3.05) is 0 Å². The first-order valence-electron chi connectivity index (χ1n) is 7.16. The maximum atomic E-state index is 11.8. The van der Waals surface area contributed by atoms with Crippen molar-refractivity contribution in [3.63, 3.8) is 0 Å². The zero-order chi connectivity index (χ0) is 13.7. The third kappa shape index (κ3) is 1.72. The fraction of sp³-hybridized carbons (Fsp3) is 0.812. The summed E-state index contributed by atoms with van der Waals surface area (Å²) in [7, 11) is 0. The van der Waals surface area contributed by atoms with Crippen LogP contribution in [0.5, 0.6) is 0 Å². The molecule has 2 rings (SSSR count). The Hall–Kier alpha value is -0.790. The van der Waals surface area contributed by atoms with Crippen molar-refractivity contribution in [2.45, 2.75) is 59.9 Å². The van der Waals surface area contributed by atoms with Crippen molar-refractivity contribution < 1.29 is 4.79 Å². The number of hydrogen-bond donors (Lipinski definition) is 1. The van der Waals surface area contributed by atoms with Gasteiger partial charge in [-0.25, -0.2) is 0 Å². The standard InChI is InChI=1S/C16H27NO/c1-10(2)14(18)17-11(3)13-9-12-7-8-16(13,6)15(12,4)5/h11-13H,1,7-9H2,2-6H3,(H,17,18). The molecule has 0 aromatic carbocycles. The average Bonchev–Trinajstić information content (AvgIpc) is 2.60. The van der Waals surface area contributed by atoms with Gasteiger partial charge < -0.3 is 5.32 Å². The van der Waals surface area contributed by atoms with Gasteiger partial charge in [0.15, 0.2) is 0 Å². The maximum absolute atomic E-state index is 11.8. The van der Waals surface area contributed by atoms with Crippen LogP contribution in [0.25, 0.3) is 0 Å². The topological polar surface area (TPSA) is 29.1 Å². The van der Waals surface area contributed by atoms with Gasteiger partial charge in [0.05, 0.1) is 0 Å². The second kappa shape index (κ2) is 4.11. The molecule has 4 atom stereocenters. The summed E-state index contributed by atoms with van der Waals surface area (Å²) in [5.74, 6) is 1.44. The Balaban J connectivity index is 2.12. The smallest absolute Gasteiger partial charge is 0.246 e. The van der Waals surface area contributed by atoms with Gasteiger partial charge in [0.2, 0.25) is 5.91 Å². The minimum atomic E-state index is 0.00618. The number of rotatable bonds is 3. The molecular weight excluding hydrogens is 222 g/mol. The van der Waals surface area contributed by atoms with E-state index in [0.29, 0.717) is 22.3 Å². The summed E-state index contributed by atoms with van der Waals surface area (Å²) in [6.07, 6.45) is 3.94. The summed E-state index contributed by atoms with van der Waals surface area (Å²) in [4.78, 5) is 11.8. The summed E-state index contributed by atoms with van der Waals surface area (Å²) in [5.41, 5.74) is 1.40. The van der Waals surface area contributed by atoms with Crippen LogP contribution in [0.2, 0.25) is 0 Å². The Bertz CT molecular complexity index is 385. The molecule has 0 aromatic heterocycles. The van der Waals surface area contributed by atoms with Gasteiger partial charge in [-0.1, -0.05) is 27.4 Å². The molecule has 2 aliphatic carbocycles. The van der Waals surface area contributed by atoms with E-state index in [1.165, 1.54) is 19.3 Å². The van der Waals surface area contributed by atoms with Gasteiger partial charge in [0.25, 0.3) is 0 Å². The predicted octanol–water partition coefficient (Wildman–Crippen LogP) is 3.53. The molecule has 1 N–H and O–H groups in total. The van der Waals surface area contributed by atoms with Gasteiger partial charge in [0.1, 0.15) is 0 Å². The van der Waals surface area contributed by atoms with E-state index in [0.717, 1.165) is 5.92 Å². The van der Waals surface area contributed by atoms with Gasteiger partial charge in [-0.3, -0.25) is 4.79 Å². The molecule has 2 fully saturated rings. The lowest BCUT2D eigenvalue weighted by Crippen LogP contribution is -2.45. The van der Waals surface area contributed by atoms with Gasteiger partial charge in [-0.05, 0) is 55.8 Å². The summed E-state index contributed by atoms with van der Waals surface area (Å²) in [5, 5.41) is 3.13. The first-order chi connectivity index (χ1) is 8.20. The fourth-order valence-electron chi connectivity index (χ4n) is 4.45. The van der Waals surface area contributed by atoms with Crippen LogP contribution in [0, 0.1) is 22.7 Å². The van der Waals surface area contributed by atoms with E-state index in [9.17, 15) is 4.79 Å². The van der Waals surface area contributed by atoms with Crippen molar-refractivity contribution >= 4 is 5.91 Å². The summed E-state index contributed by atoms with van der Waals surface area (Å²) >= 11 is 0. The first kappa shape index (κ1) is 13.6. The number of hydrogen-bond acceptors (Lipinski definition) is 1. The van der Waals surface area contributed by atoms with Crippen LogP contribution in [0.4, 0.5) is 0 Å². The summed E-state index contributed by atoms with van der Waals surface area (Å²) in [6.45, 7) is 14.9.